The lowest BCUT2D eigenvalue weighted by Crippen LogP contribution is -1.99. The molecule has 0 fully saturated rings. The lowest BCUT2D eigenvalue weighted by molar-refractivity contribution is 0.399. The standard InChI is InChI=1S/C11H10BrFN2O/c1-7-4-11(15-16-7)14-6-8-2-3-9(12)10(13)5-8/h2-5H,6H2,1H3,(H,14,15). The molecule has 0 unspecified atom stereocenters. The SMILES string of the molecule is Cc1cc(NCc2ccc(Br)c(F)c2)no1. The summed E-state index contributed by atoms with van der Waals surface area (Å²) < 4.78 is 18.6. The molecule has 16 heavy (non-hydrogen) atoms. The van der Waals surface area contributed by atoms with Crippen LogP contribution >= 0.6 is 15.9 Å². The molecule has 5 heteroatoms. The molecule has 0 bridgehead atoms. The zero-order valence-electron chi connectivity index (χ0n) is 8.63. The summed E-state index contributed by atoms with van der Waals surface area (Å²) >= 11 is 3.11. The Hall–Kier alpha value is -1.36. The second-order valence-corrected chi connectivity index (χ2v) is 4.28. The third kappa shape index (κ3) is 2.61. The Morgan fingerprint density at radius 2 is 2.25 bits per heavy atom. The van der Waals surface area contributed by atoms with Gasteiger partial charge >= 0.3 is 0 Å². The third-order valence-corrected chi connectivity index (χ3v) is 2.73. The Bertz CT molecular complexity index is 498. The van der Waals surface area contributed by atoms with Gasteiger partial charge in [0, 0.05) is 12.6 Å². The fourth-order valence-electron chi connectivity index (χ4n) is 1.29. The van der Waals surface area contributed by atoms with Crippen molar-refractivity contribution < 1.29 is 8.91 Å². The molecule has 0 aliphatic carbocycles. The highest BCUT2D eigenvalue weighted by Crippen LogP contribution is 2.17. The van der Waals surface area contributed by atoms with E-state index in [9.17, 15) is 4.39 Å². The molecular weight excluding hydrogens is 275 g/mol. The van der Waals surface area contributed by atoms with Gasteiger partial charge in [0.2, 0.25) is 0 Å². The van der Waals surface area contributed by atoms with Crippen LogP contribution in [0.25, 0.3) is 0 Å². The van der Waals surface area contributed by atoms with Crippen molar-refractivity contribution in [2.24, 2.45) is 0 Å². The van der Waals surface area contributed by atoms with E-state index in [-0.39, 0.29) is 5.82 Å². The molecule has 0 aliphatic heterocycles. The second kappa shape index (κ2) is 4.65. The van der Waals surface area contributed by atoms with Gasteiger partial charge in [-0.15, -0.1) is 0 Å². The number of nitrogens with one attached hydrogen (secondary N) is 1. The molecular formula is C11H10BrFN2O. The molecule has 2 rings (SSSR count). The van der Waals surface area contributed by atoms with E-state index in [2.05, 4.69) is 26.4 Å². The summed E-state index contributed by atoms with van der Waals surface area (Å²) in [5, 5.41) is 6.82. The van der Waals surface area contributed by atoms with E-state index < -0.39 is 0 Å². The minimum Gasteiger partial charge on any atom is -0.363 e. The van der Waals surface area contributed by atoms with Gasteiger partial charge in [0.1, 0.15) is 11.6 Å². The Morgan fingerprint density at radius 3 is 2.88 bits per heavy atom. The second-order valence-electron chi connectivity index (χ2n) is 3.42. The van der Waals surface area contributed by atoms with Crippen LogP contribution in [0.4, 0.5) is 10.2 Å². The highest BCUT2D eigenvalue weighted by molar-refractivity contribution is 9.10. The maximum absolute atomic E-state index is 13.2. The van der Waals surface area contributed by atoms with Crippen LogP contribution in [0.5, 0.6) is 0 Å². The highest BCUT2D eigenvalue weighted by atomic mass is 79.9. The maximum atomic E-state index is 13.2. The molecule has 1 aromatic carbocycles. The number of nitrogens with zero attached hydrogens (tertiary/aromatic N) is 1. The first-order valence-corrected chi connectivity index (χ1v) is 5.55. The van der Waals surface area contributed by atoms with E-state index in [4.69, 9.17) is 4.52 Å². The number of anilines is 1. The van der Waals surface area contributed by atoms with Crippen molar-refractivity contribution in [2.45, 2.75) is 13.5 Å². The van der Waals surface area contributed by atoms with Crippen molar-refractivity contribution in [1.82, 2.24) is 5.16 Å². The van der Waals surface area contributed by atoms with Crippen molar-refractivity contribution in [3.63, 3.8) is 0 Å². The summed E-state index contributed by atoms with van der Waals surface area (Å²) in [6.45, 7) is 2.33. The average Bonchev–Trinajstić information content (AvgIpc) is 2.66. The lowest BCUT2D eigenvalue weighted by Gasteiger charge is -2.03. The summed E-state index contributed by atoms with van der Waals surface area (Å²) in [6, 6.07) is 6.78. The molecule has 0 radical (unpaired) electrons. The highest BCUT2D eigenvalue weighted by Gasteiger charge is 2.02. The van der Waals surface area contributed by atoms with Crippen LogP contribution in [0, 0.1) is 12.7 Å². The summed E-state index contributed by atoms with van der Waals surface area (Å²) in [7, 11) is 0. The molecule has 0 saturated heterocycles. The van der Waals surface area contributed by atoms with Crippen molar-refractivity contribution in [3.8, 4) is 0 Å². The maximum Gasteiger partial charge on any atom is 0.169 e. The molecule has 3 nitrogen and oxygen atoms in total. The molecule has 1 heterocycles. The van der Waals surface area contributed by atoms with Gasteiger partial charge in [-0.3, -0.25) is 0 Å². The van der Waals surface area contributed by atoms with Crippen molar-refractivity contribution in [1.29, 1.82) is 0 Å². The van der Waals surface area contributed by atoms with Crippen molar-refractivity contribution >= 4 is 21.7 Å². The fourth-order valence-corrected chi connectivity index (χ4v) is 1.54. The van der Waals surface area contributed by atoms with E-state index in [0.717, 1.165) is 11.3 Å². The largest absolute Gasteiger partial charge is 0.363 e. The van der Waals surface area contributed by atoms with Crippen molar-refractivity contribution in [3.05, 3.63) is 45.9 Å². The summed E-state index contributed by atoms with van der Waals surface area (Å²) in [5.41, 5.74) is 0.848. The average molecular weight is 285 g/mol. The molecule has 1 aromatic heterocycles. The van der Waals surface area contributed by atoms with E-state index >= 15 is 0 Å². The van der Waals surface area contributed by atoms with Crippen LogP contribution < -0.4 is 5.32 Å². The number of aryl methyl sites for hydroxylation is 1. The minimum atomic E-state index is -0.268. The quantitative estimate of drug-likeness (QED) is 0.938. The number of halogens is 2. The summed E-state index contributed by atoms with van der Waals surface area (Å²) in [5.74, 6) is 1.13. The molecule has 0 saturated carbocycles. The van der Waals surface area contributed by atoms with E-state index in [1.54, 1.807) is 12.1 Å². The molecule has 1 N–H and O–H groups in total. The molecule has 0 spiro atoms. The van der Waals surface area contributed by atoms with Gasteiger partial charge in [0.25, 0.3) is 0 Å². The first-order valence-electron chi connectivity index (χ1n) is 4.76. The molecule has 0 atom stereocenters. The third-order valence-electron chi connectivity index (χ3n) is 2.09. The van der Waals surface area contributed by atoms with Gasteiger partial charge in [-0.2, -0.15) is 0 Å². The number of hydrogen-bond acceptors (Lipinski definition) is 3. The van der Waals surface area contributed by atoms with E-state index in [1.165, 1.54) is 6.07 Å². The predicted molar refractivity (Wildman–Crippen MR) is 62.7 cm³/mol. The topological polar surface area (TPSA) is 38.1 Å². The Labute approximate surface area is 101 Å². The number of hydrogen-bond donors (Lipinski definition) is 1. The fraction of sp³-hybridized carbons (Fsp3) is 0.182. The van der Waals surface area contributed by atoms with Gasteiger partial charge in [-0.05, 0) is 40.5 Å². The van der Waals surface area contributed by atoms with Crippen LogP contribution in [0.1, 0.15) is 11.3 Å². The van der Waals surface area contributed by atoms with E-state index in [0.29, 0.717) is 16.8 Å². The predicted octanol–water partition coefficient (Wildman–Crippen LogP) is 3.50. The van der Waals surface area contributed by atoms with Crippen molar-refractivity contribution in [2.75, 3.05) is 5.32 Å². The number of benzene rings is 1. The summed E-state index contributed by atoms with van der Waals surface area (Å²) in [6.07, 6.45) is 0. The first-order chi connectivity index (χ1) is 7.65. The first kappa shape index (κ1) is 11.1. The van der Waals surface area contributed by atoms with Gasteiger partial charge in [0.15, 0.2) is 5.82 Å². The minimum absolute atomic E-state index is 0.268. The zero-order valence-corrected chi connectivity index (χ0v) is 10.2. The molecule has 0 aliphatic rings. The number of rotatable bonds is 3. The van der Waals surface area contributed by atoms with Crippen LogP contribution in [0.2, 0.25) is 0 Å². The van der Waals surface area contributed by atoms with Crippen LogP contribution in [-0.4, -0.2) is 5.16 Å². The molecule has 2 aromatic rings. The normalized spacial score (nSPS) is 10.4. The van der Waals surface area contributed by atoms with E-state index in [1.807, 2.05) is 13.0 Å². The smallest absolute Gasteiger partial charge is 0.169 e. The molecule has 84 valence electrons. The van der Waals surface area contributed by atoms with Crippen LogP contribution in [-0.2, 0) is 6.54 Å². The number of aromatic nitrogens is 1. The Morgan fingerprint density at radius 1 is 1.44 bits per heavy atom. The monoisotopic (exact) mass is 284 g/mol. The zero-order chi connectivity index (χ0) is 11.5. The van der Waals surface area contributed by atoms with Gasteiger partial charge in [0.05, 0.1) is 4.47 Å². The summed E-state index contributed by atoms with van der Waals surface area (Å²) in [4.78, 5) is 0. The van der Waals surface area contributed by atoms with Crippen LogP contribution in [0.15, 0.2) is 33.3 Å². The van der Waals surface area contributed by atoms with Gasteiger partial charge < -0.3 is 9.84 Å². The Balaban J connectivity index is 2.02. The Kier molecular flexibility index (Phi) is 3.24. The van der Waals surface area contributed by atoms with Gasteiger partial charge in [-0.25, -0.2) is 4.39 Å². The lowest BCUT2D eigenvalue weighted by atomic mass is 10.2. The van der Waals surface area contributed by atoms with Crippen LogP contribution in [0.3, 0.4) is 0 Å². The van der Waals surface area contributed by atoms with Gasteiger partial charge in [-0.1, -0.05) is 11.2 Å². The molecule has 0 amide bonds.